The van der Waals surface area contributed by atoms with Crippen molar-refractivity contribution in [1.29, 1.82) is 0 Å². The highest BCUT2D eigenvalue weighted by molar-refractivity contribution is 8.01. The maximum Gasteiger partial charge on any atom is 0.243 e. The number of nitrogens with zero attached hydrogens (tertiary/aromatic N) is 1. The summed E-state index contributed by atoms with van der Waals surface area (Å²) in [4.78, 5) is 25.8. The number of hydrogen-bond acceptors (Lipinski definition) is 4. The van der Waals surface area contributed by atoms with Crippen molar-refractivity contribution < 1.29 is 18.7 Å². The van der Waals surface area contributed by atoms with Gasteiger partial charge in [-0.2, -0.15) is 0 Å². The number of halogens is 1. The molecule has 1 aromatic carbocycles. The van der Waals surface area contributed by atoms with E-state index in [1.54, 1.807) is 28.8 Å². The molecule has 2 amide bonds. The maximum atomic E-state index is 12.8. The van der Waals surface area contributed by atoms with Crippen LogP contribution in [0, 0.1) is 5.82 Å². The molecule has 1 N–H and O–H groups in total. The SMILES string of the molecule is C[C@@]12CCC(=O)N1[C@@H](C(=O)NCCOc1ccc(F)cc1)CS2. The van der Waals surface area contributed by atoms with E-state index < -0.39 is 6.04 Å². The van der Waals surface area contributed by atoms with Crippen LogP contribution in [0.5, 0.6) is 5.75 Å². The summed E-state index contributed by atoms with van der Waals surface area (Å²) in [6.45, 7) is 2.66. The topological polar surface area (TPSA) is 58.6 Å². The van der Waals surface area contributed by atoms with E-state index in [1.807, 2.05) is 6.92 Å². The molecule has 2 fully saturated rings. The molecule has 0 unspecified atom stereocenters. The minimum absolute atomic E-state index is 0.0558. The first kappa shape index (κ1) is 16.1. The van der Waals surface area contributed by atoms with Crippen molar-refractivity contribution in [3.63, 3.8) is 0 Å². The molecule has 2 aliphatic rings. The van der Waals surface area contributed by atoms with Gasteiger partial charge < -0.3 is 15.0 Å². The van der Waals surface area contributed by atoms with Crippen molar-refractivity contribution in [2.75, 3.05) is 18.9 Å². The van der Waals surface area contributed by atoms with Gasteiger partial charge >= 0.3 is 0 Å². The quantitative estimate of drug-likeness (QED) is 0.832. The Morgan fingerprint density at radius 2 is 2.22 bits per heavy atom. The highest BCUT2D eigenvalue weighted by Gasteiger charge is 2.52. The molecule has 2 aliphatic heterocycles. The molecule has 2 atom stereocenters. The Labute approximate surface area is 138 Å². The summed E-state index contributed by atoms with van der Waals surface area (Å²) in [5, 5.41) is 2.81. The summed E-state index contributed by atoms with van der Waals surface area (Å²) in [5.41, 5.74) is 0. The molecule has 2 saturated heterocycles. The van der Waals surface area contributed by atoms with Crippen LogP contribution in [0.15, 0.2) is 24.3 Å². The second-order valence-corrected chi connectivity index (χ2v) is 7.36. The Kier molecular flexibility index (Phi) is 4.48. The molecule has 5 nitrogen and oxygen atoms in total. The predicted octanol–water partition coefficient (Wildman–Crippen LogP) is 1.77. The molecule has 23 heavy (non-hydrogen) atoms. The number of fused-ring (bicyclic) bond motifs is 1. The van der Waals surface area contributed by atoms with Gasteiger partial charge in [-0.05, 0) is 37.6 Å². The lowest BCUT2D eigenvalue weighted by atomic mass is 10.2. The van der Waals surface area contributed by atoms with Gasteiger partial charge in [0.2, 0.25) is 11.8 Å². The van der Waals surface area contributed by atoms with Gasteiger partial charge in [0.05, 0.1) is 11.4 Å². The summed E-state index contributed by atoms with van der Waals surface area (Å²) in [7, 11) is 0. The molecule has 0 saturated carbocycles. The fourth-order valence-corrected chi connectivity index (χ4v) is 4.44. The Bertz CT molecular complexity index is 610. The normalized spacial score (nSPS) is 26.3. The van der Waals surface area contributed by atoms with Crippen molar-refractivity contribution >= 4 is 23.6 Å². The summed E-state index contributed by atoms with van der Waals surface area (Å²) >= 11 is 1.67. The number of rotatable bonds is 5. The second kappa shape index (κ2) is 6.39. The monoisotopic (exact) mass is 338 g/mol. The van der Waals surface area contributed by atoms with Crippen LogP contribution in [0.2, 0.25) is 0 Å². The third-order valence-corrected chi connectivity index (χ3v) is 5.74. The molecule has 0 aliphatic carbocycles. The Morgan fingerprint density at radius 3 is 2.96 bits per heavy atom. The van der Waals surface area contributed by atoms with Crippen molar-refractivity contribution in [1.82, 2.24) is 10.2 Å². The van der Waals surface area contributed by atoms with E-state index in [4.69, 9.17) is 4.74 Å². The van der Waals surface area contributed by atoms with E-state index in [0.29, 0.717) is 31.1 Å². The van der Waals surface area contributed by atoms with Gasteiger partial charge in [0, 0.05) is 12.2 Å². The number of hydrogen-bond donors (Lipinski definition) is 1. The Hall–Kier alpha value is -1.76. The van der Waals surface area contributed by atoms with E-state index in [0.717, 1.165) is 6.42 Å². The van der Waals surface area contributed by atoms with Crippen molar-refractivity contribution in [2.24, 2.45) is 0 Å². The lowest BCUT2D eigenvalue weighted by Crippen LogP contribution is -2.50. The van der Waals surface area contributed by atoms with E-state index in [-0.39, 0.29) is 22.5 Å². The minimum Gasteiger partial charge on any atom is -0.492 e. The maximum absolute atomic E-state index is 12.8. The van der Waals surface area contributed by atoms with Crippen LogP contribution < -0.4 is 10.1 Å². The van der Waals surface area contributed by atoms with Crippen LogP contribution in [0.3, 0.4) is 0 Å². The van der Waals surface area contributed by atoms with E-state index in [9.17, 15) is 14.0 Å². The van der Waals surface area contributed by atoms with E-state index >= 15 is 0 Å². The summed E-state index contributed by atoms with van der Waals surface area (Å²) in [6.07, 6.45) is 1.31. The van der Waals surface area contributed by atoms with Crippen molar-refractivity contribution in [2.45, 2.75) is 30.7 Å². The molecule has 0 aromatic heterocycles. The average Bonchev–Trinajstić information content (AvgIpc) is 3.02. The lowest BCUT2D eigenvalue weighted by Gasteiger charge is -2.29. The van der Waals surface area contributed by atoms with Gasteiger partial charge in [-0.3, -0.25) is 9.59 Å². The average molecular weight is 338 g/mol. The summed E-state index contributed by atoms with van der Waals surface area (Å²) < 4.78 is 18.2. The number of amides is 2. The van der Waals surface area contributed by atoms with Crippen LogP contribution in [0.4, 0.5) is 4.39 Å². The van der Waals surface area contributed by atoms with Crippen LogP contribution in [-0.4, -0.2) is 46.5 Å². The van der Waals surface area contributed by atoms with Gasteiger partial charge in [-0.15, -0.1) is 11.8 Å². The zero-order chi connectivity index (χ0) is 16.4. The van der Waals surface area contributed by atoms with Gasteiger partial charge in [0.15, 0.2) is 0 Å². The summed E-state index contributed by atoms with van der Waals surface area (Å²) in [6, 6.07) is 5.33. The molecule has 2 heterocycles. The van der Waals surface area contributed by atoms with Crippen LogP contribution in [-0.2, 0) is 9.59 Å². The predicted molar refractivity (Wildman–Crippen MR) is 85.6 cm³/mol. The highest BCUT2D eigenvalue weighted by atomic mass is 32.2. The van der Waals surface area contributed by atoms with E-state index in [2.05, 4.69) is 5.32 Å². The van der Waals surface area contributed by atoms with Gasteiger partial charge in [-0.25, -0.2) is 4.39 Å². The van der Waals surface area contributed by atoms with Crippen LogP contribution in [0.25, 0.3) is 0 Å². The minimum atomic E-state index is -0.397. The Balaban J connectivity index is 1.46. The number of ether oxygens (including phenoxy) is 1. The first-order chi connectivity index (χ1) is 11.0. The van der Waals surface area contributed by atoms with Gasteiger partial charge in [0.1, 0.15) is 24.2 Å². The molecule has 7 heteroatoms. The molecular weight excluding hydrogens is 319 g/mol. The smallest absolute Gasteiger partial charge is 0.243 e. The zero-order valence-electron chi connectivity index (χ0n) is 12.9. The number of carbonyl (C=O) groups excluding carboxylic acids is 2. The number of carbonyl (C=O) groups is 2. The fraction of sp³-hybridized carbons (Fsp3) is 0.500. The molecule has 0 spiro atoms. The van der Waals surface area contributed by atoms with Crippen molar-refractivity contribution in [3.05, 3.63) is 30.1 Å². The number of nitrogens with one attached hydrogen (secondary N) is 1. The number of benzene rings is 1. The van der Waals surface area contributed by atoms with Crippen molar-refractivity contribution in [3.8, 4) is 5.75 Å². The van der Waals surface area contributed by atoms with Crippen LogP contribution >= 0.6 is 11.8 Å². The molecular formula is C16H19FN2O3S. The third kappa shape index (κ3) is 3.29. The summed E-state index contributed by atoms with van der Waals surface area (Å²) in [5.74, 6) is 0.786. The number of thioether (sulfide) groups is 1. The molecule has 0 bridgehead atoms. The largest absolute Gasteiger partial charge is 0.492 e. The first-order valence-electron chi connectivity index (χ1n) is 7.62. The standard InChI is InChI=1S/C16H19FN2O3S/c1-16-7-6-14(20)19(16)13(10-23-16)15(21)18-8-9-22-12-4-2-11(17)3-5-12/h2-5,13H,6-10H2,1H3,(H,18,21)/t13-,16-/m1/s1. The zero-order valence-corrected chi connectivity index (χ0v) is 13.7. The molecule has 1 aromatic rings. The molecule has 3 rings (SSSR count). The highest BCUT2D eigenvalue weighted by Crippen LogP contribution is 2.47. The Morgan fingerprint density at radius 1 is 1.48 bits per heavy atom. The van der Waals surface area contributed by atoms with Gasteiger partial charge in [0.25, 0.3) is 0 Å². The molecule has 0 radical (unpaired) electrons. The van der Waals surface area contributed by atoms with Crippen LogP contribution in [0.1, 0.15) is 19.8 Å². The van der Waals surface area contributed by atoms with E-state index in [1.165, 1.54) is 12.1 Å². The fourth-order valence-electron chi connectivity index (χ4n) is 3.01. The third-order valence-electron chi connectivity index (χ3n) is 4.23. The lowest BCUT2D eigenvalue weighted by molar-refractivity contribution is -0.137. The second-order valence-electron chi connectivity index (χ2n) is 5.86. The van der Waals surface area contributed by atoms with Gasteiger partial charge in [-0.1, -0.05) is 0 Å². The first-order valence-corrected chi connectivity index (χ1v) is 8.60. The molecule has 124 valence electrons.